The van der Waals surface area contributed by atoms with Crippen LogP contribution in [0.25, 0.3) is 104 Å². The lowest BCUT2D eigenvalue weighted by atomic mass is 9.70. The molecule has 0 amide bonds. The van der Waals surface area contributed by atoms with E-state index < -0.39 is 5.41 Å². The Balaban J connectivity index is 0.854. The predicted molar refractivity (Wildman–Crippen MR) is 315 cm³/mol. The van der Waals surface area contributed by atoms with Gasteiger partial charge in [-0.1, -0.05) is 224 Å². The topological polar surface area (TPSA) is 8.17 Å². The molecule has 1 spiro atoms. The van der Waals surface area contributed by atoms with E-state index in [9.17, 15) is 0 Å². The van der Waals surface area contributed by atoms with Crippen molar-refractivity contribution in [3.63, 3.8) is 0 Å². The Labute approximate surface area is 435 Å². The van der Waals surface area contributed by atoms with Crippen LogP contribution in [0, 0.1) is 0 Å². The Kier molecular flexibility index (Phi) is 8.99. The fourth-order valence-electron chi connectivity index (χ4n) is 13.4. The standard InChI is InChI=1S/C73H46N2/c1-2-17-51(18-3-1)75-69-31-15-11-25-61(69)62-43-39-50(45-71(62)75)49-35-33-47(34-36-49)48-37-40-52(41-38-48)74(53-42-44-58-56-21-5-4-19-54(56)55-20-6-7-22-57(55)64(58)46-53)70-32-16-30-68-72(70)63-26-10-14-29-67(63)73(68)65-27-12-8-23-59(65)60-24-9-13-28-66(60)73/h1-46H. The Morgan fingerprint density at radius 1 is 0.267 bits per heavy atom. The van der Waals surface area contributed by atoms with Gasteiger partial charge in [-0.3, -0.25) is 0 Å². The van der Waals surface area contributed by atoms with Crippen molar-refractivity contribution in [1.29, 1.82) is 0 Å². The minimum Gasteiger partial charge on any atom is -0.310 e. The average Bonchev–Trinajstić information content (AvgIpc) is 4.28. The predicted octanol–water partition coefficient (Wildman–Crippen LogP) is 19.4. The van der Waals surface area contributed by atoms with Crippen LogP contribution in [0.1, 0.15) is 22.3 Å². The molecule has 348 valence electrons. The van der Waals surface area contributed by atoms with Gasteiger partial charge in [-0.05, 0) is 148 Å². The molecule has 0 unspecified atom stereocenters. The van der Waals surface area contributed by atoms with E-state index >= 15 is 0 Å². The molecule has 0 atom stereocenters. The Bertz CT molecular complexity index is 4560. The van der Waals surface area contributed by atoms with Gasteiger partial charge < -0.3 is 9.47 Å². The Morgan fingerprint density at radius 3 is 1.36 bits per heavy atom. The first-order valence-corrected chi connectivity index (χ1v) is 26.1. The molecule has 2 nitrogen and oxygen atoms in total. The van der Waals surface area contributed by atoms with E-state index in [1.165, 1.54) is 121 Å². The first-order chi connectivity index (χ1) is 37.2. The molecule has 16 rings (SSSR count). The van der Waals surface area contributed by atoms with Crippen LogP contribution in [0.5, 0.6) is 0 Å². The minimum absolute atomic E-state index is 0.457. The third-order valence-electron chi connectivity index (χ3n) is 16.6. The number of anilines is 3. The third-order valence-corrected chi connectivity index (χ3v) is 16.6. The summed E-state index contributed by atoms with van der Waals surface area (Å²) >= 11 is 0. The van der Waals surface area contributed by atoms with Gasteiger partial charge in [-0.25, -0.2) is 0 Å². The average molecular weight is 951 g/mol. The van der Waals surface area contributed by atoms with Gasteiger partial charge in [0.25, 0.3) is 0 Å². The smallest absolute Gasteiger partial charge is 0.0726 e. The molecular formula is C73H46N2. The second kappa shape index (κ2) is 16.1. The molecule has 2 aliphatic carbocycles. The van der Waals surface area contributed by atoms with Gasteiger partial charge in [0.1, 0.15) is 0 Å². The number of nitrogens with zero attached hydrogens (tertiary/aromatic N) is 2. The van der Waals surface area contributed by atoms with Crippen molar-refractivity contribution >= 4 is 71.2 Å². The molecule has 14 aromatic rings. The monoisotopic (exact) mass is 950 g/mol. The van der Waals surface area contributed by atoms with Crippen LogP contribution < -0.4 is 4.90 Å². The summed E-state index contributed by atoms with van der Waals surface area (Å²) in [4.78, 5) is 2.52. The number of hydrogen-bond acceptors (Lipinski definition) is 1. The highest BCUT2D eigenvalue weighted by molar-refractivity contribution is 6.26. The summed E-state index contributed by atoms with van der Waals surface area (Å²) in [5.74, 6) is 0. The maximum Gasteiger partial charge on any atom is 0.0726 e. The van der Waals surface area contributed by atoms with Crippen LogP contribution in [0.2, 0.25) is 0 Å². The van der Waals surface area contributed by atoms with Crippen LogP contribution in [0.15, 0.2) is 279 Å². The SMILES string of the molecule is c1ccc(-n2c3ccccc3c3ccc(-c4ccc(-c5ccc(N(c6ccc7c8ccccc8c8ccccc8c7c6)c6cccc7c6-c6ccccc6C76c7ccccc7-c7ccccc76)cc5)cc4)cc32)cc1. The summed E-state index contributed by atoms with van der Waals surface area (Å²) in [5, 5.41) is 10.1. The summed E-state index contributed by atoms with van der Waals surface area (Å²) in [6.45, 7) is 0. The number of aromatic nitrogens is 1. The summed E-state index contributed by atoms with van der Waals surface area (Å²) in [7, 11) is 0. The van der Waals surface area contributed by atoms with E-state index in [1.807, 2.05) is 0 Å². The summed E-state index contributed by atoms with van der Waals surface area (Å²) in [6.07, 6.45) is 0. The molecule has 0 saturated heterocycles. The minimum atomic E-state index is -0.457. The van der Waals surface area contributed by atoms with E-state index in [0.29, 0.717) is 0 Å². The molecule has 0 aliphatic heterocycles. The lowest BCUT2D eigenvalue weighted by Gasteiger charge is -2.32. The number of hydrogen-bond donors (Lipinski definition) is 0. The van der Waals surface area contributed by atoms with Crippen LogP contribution in [0.4, 0.5) is 17.1 Å². The van der Waals surface area contributed by atoms with Gasteiger partial charge in [-0.15, -0.1) is 0 Å². The lowest BCUT2D eigenvalue weighted by molar-refractivity contribution is 0.794. The zero-order valence-corrected chi connectivity index (χ0v) is 41.0. The highest BCUT2D eigenvalue weighted by atomic mass is 15.1. The van der Waals surface area contributed by atoms with Crippen molar-refractivity contribution in [1.82, 2.24) is 4.57 Å². The molecule has 0 radical (unpaired) electrons. The van der Waals surface area contributed by atoms with E-state index in [0.717, 1.165) is 22.7 Å². The molecule has 75 heavy (non-hydrogen) atoms. The third kappa shape index (κ3) is 5.97. The maximum absolute atomic E-state index is 2.52. The highest BCUT2D eigenvalue weighted by Gasteiger charge is 2.52. The van der Waals surface area contributed by atoms with Gasteiger partial charge in [-0.2, -0.15) is 0 Å². The molecule has 1 heterocycles. The summed E-state index contributed by atoms with van der Waals surface area (Å²) in [6, 6.07) is 104. The van der Waals surface area contributed by atoms with Crippen LogP contribution in [-0.4, -0.2) is 4.57 Å². The van der Waals surface area contributed by atoms with Crippen LogP contribution >= 0.6 is 0 Å². The van der Waals surface area contributed by atoms with E-state index in [1.54, 1.807) is 0 Å². The number of benzene rings is 13. The van der Waals surface area contributed by atoms with Crippen molar-refractivity contribution in [3.8, 4) is 50.2 Å². The fourth-order valence-corrected chi connectivity index (χ4v) is 13.4. The highest BCUT2D eigenvalue weighted by Crippen LogP contribution is 2.64. The molecule has 0 saturated carbocycles. The molecule has 13 aromatic carbocycles. The zero-order valence-electron chi connectivity index (χ0n) is 41.0. The molecule has 1 aromatic heterocycles. The molecule has 2 heteroatoms. The first-order valence-electron chi connectivity index (χ1n) is 26.1. The first kappa shape index (κ1) is 41.8. The zero-order chi connectivity index (χ0) is 49.2. The Morgan fingerprint density at radius 2 is 0.707 bits per heavy atom. The second-order valence-corrected chi connectivity index (χ2v) is 20.3. The van der Waals surface area contributed by atoms with Crippen molar-refractivity contribution < 1.29 is 0 Å². The van der Waals surface area contributed by atoms with Gasteiger partial charge in [0.15, 0.2) is 0 Å². The molecule has 2 aliphatic rings. The summed E-state index contributed by atoms with van der Waals surface area (Å²) in [5.41, 5.74) is 21.7. The molecule has 0 N–H and O–H groups in total. The molecule has 0 fully saturated rings. The van der Waals surface area contributed by atoms with Crippen molar-refractivity contribution in [2.24, 2.45) is 0 Å². The van der Waals surface area contributed by atoms with Crippen molar-refractivity contribution in [2.75, 3.05) is 4.90 Å². The van der Waals surface area contributed by atoms with E-state index in [-0.39, 0.29) is 0 Å². The van der Waals surface area contributed by atoms with Gasteiger partial charge in [0.05, 0.1) is 22.1 Å². The van der Waals surface area contributed by atoms with E-state index in [2.05, 4.69) is 289 Å². The number of fused-ring (bicyclic) bond motifs is 19. The molecule has 0 bridgehead atoms. The van der Waals surface area contributed by atoms with Gasteiger partial charge in [0, 0.05) is 33.4 Å². The Hall–Kier alpha value is -9.76. The van der Waals surface area contributed by atoms with Crippen molar-refractivity contribution in [3.05, 3.63) is 301 Å². The summed E-state index contributed by atoms with van der Waals surface area (Å²) < 4.78 is 2.39. The fraction of sp³-hybridized carbons (Fsp3) is 0.0137. The normalized spacial score (nSPS) is 12.9. The maximum atomic E-state index is 2.52. The van der Waals surface area contributed by atoms with Gasteiger partial charge in [0.2, 0.25) is 0 Å². The largest absolute Gasteiger partial charge is 0.310 e. The lowest BCUT2D eigenvalue weighted by Crippen LogP contribution is -2.26. The van der Waals surface area contributed by atoms with Crippen molar-refractivity contribution in [2.45, 2.75) is 5.41 Å². The quantitative estimate of drug-likeness (QED) is 0.151. The molecular weight excluding hydrogens is 905 g/mol. The van der Waals surface area contributed by atoms with Gasteiger partial charge >= 0.3 is 0 Å². The second-order valence-electron chi connectivity index (χ2n) is 20.3. The number of para-hydroxylation sites is 2. The number of rotatable bonds is 6. The van der Waals surface area contributed by atoms with Crippen LogP contribution in [-0.2, 0) is 5.41 Å². The van der Waals surface area contributed by atoms with E-state index in [4.69, 9.17) is 0 Å². The van der Waals surface area contributed by atoms with Crippen LogP contribution in [0.3, 0.4) is 0 Å².